The summed E-state index contributed by atoms with van der Waals surface area (Å²) in [7, 11) is -2.87. The van der Waals surface area contributed by atoms with Crippen molar-refractivity contribution in [3.8, 4) is 0 Å². The van der Waals surface area contributed by atoms with E-state index in [4.69, 9.17) is 14.4 Å². The van der Waals surface area contributed by atoms with Gasteiger partial charge in [-0.25, -0.2) is 4.98 Å². The van der Waals surface area contributed by atoms with Crippen LogP contribution in [0.3, 0.4) is 0 Å². The van der Waals surface area contributed by atoms with Gasteiger partial charge in [-0.15, -0.1) is 33.1 Å². The highest BCUT2D eigenvalue weighted by Crippen LogP contribution is 1.98. The van der Waals surface area contributed by atoms with Gasteiger partial charge in [-0.1, -0.05) is 0 Å². The minimum atomic E-state index is -2.87. The lowest BCUT2D eigenvalue weighted by atomic mass is 11.0. The van der Waals surface area contributed by atoms with E-state index < -0.39 is 8.25 Å². The maximum Gasteiger partial charge on any atom is 0.692 e. The predicted octanol–water partition coefficient (Wildman–Crippen LogP) is 1.06. The highest BCUT2D eigenvalue weighted by molar-refractivity contribution is 8.59. The Hall–Kier alpha value is -0.0700. The minimum absolute atomic E-state index is 1.38. The second-order valence-electron chi connectivity index (χ2n) is 0.928. The average molecular weight is 216 g/mol. The van der Waals surface area contributed by atoms with Crippen LogP contribution in [0, 0.1) is 0 Å². The molecule has 1 rings (SSSR count). The van der Waals surface area contributed by atoms with E-state index in [1.54, 1.807) is 6.20 Å². The second kappa shape index (κ2) is 12.6. The largest absolute Gasteiger partial charge is 0.692 e. The summed E-state index contributed by atoms with van der Waals surface area (Å²) in [5.74, 6) is 0. The van der Waals surface area contributed by atoms with Crippen LogP contribution in [-0.2, 0) is 4.57 Å². The van der Waals surface area contributed by atoms with Crippen LogP contribution in [0.4, 0.5) is 0 Å². The lowest BCUT2D eigenvalue weighted by Crippen LogP contribution is -1.38. The number of nitrogens with zero attached hydrogens (tertiary/aromatic N) is 1. The SMILES string of the molecule is O=[P+](O)O.SS.c1cocn1. The molecule has 1 aromatic heterocycles. The van der Waals surface area contributed by atoms with Gasteiger partial charge in [0.05, 0.1) is 6.20 Å². The van der Waals surface area contributed by atoms with E-state index in [-0.39, 0.29) is 0 Å². The van der Waals surface area contributed by atoms with Gasteiger partial charge in [-0.05, 0) is 0 Å². The van der Waals surface area contributed by atoms with Crippen molar-refractivity contribution in [2.45, 2.75) is 0 Å². The van der Waals surface area contributed by atoms with Crippen molar-refractivity contribution in [2.75, 3.05) is 0 Å². The molecule has 2 N–H and O–H groups in total. The van der Waals surface area contributed by atoms with Crippen molar-refractivity contribution in [2.24, 2.45) is 0 Å². The zero-order valence-corrected chi connectivity index (χ0v) is 7.92. The van der Waals surface area contributed by atoms with E-state index in [1.807, 2.05) is 0 Å². The summed E-state index contributed by atoms with van der Waals surface area (Å²) >= 11 is 6.44. The van der Waals surface area contributed by atoms with E-state index in [2.05, 4.69) is 32.7 Å². The van der Waals surface area contributed by atoms with Crippen LogP contribution in [-0.4, -0.2) is 14.8 Å². The van der Waals surface area contributed by atoms with E-state index in [0.29, 0.717) is 0 Å². The van der Waals surface area contributed by atoms with Crippen LogP contribution in [0.25, 0.3) is 0 Å². The monoisotopic (exact) mass is 216 g/mol. The van der Waals surface area contributed by atoms with Gasteiger partial charge in [-0.3, -0.25) is 0 Å². The Labute approximate surface area is 74.6 Å². The zero-order valence-electron chi connectivity index (χ0n) is 5.23. The van der Waals surface area contributed by atoms with Crippen LogP contribution in [0.5, 0.6) is 0 Å². The van der Waals surface area contributed by atoms with Gasteiger partial charge in [0.25, 0.3) is 0 Å². The highest BCUT2D eigenvalue weighted by Gasteiger charge is 1.93. The standard InChI is InChI=1S/C3H3NO.HO3P.H2S2/c1-2-5-3-4-1;1-4(2)3;1-2/h1-3H;(H-,1,2,3);1-2H/p+1. The zero-order chi connectivity index (χ0) is 9.11. The van der Waals surface area contributed by atoms with Gasteiger partial charge in [0, 0.05) is 4.57 Å². The predicted molar refractivity (Wildman–Crippen MR) is 46.5 cm³/mol. The summed E-state index contributed by atoms with van der Waals surface area (Å²) in [4.78, 5) is 17.8. The van der Waals surface area contributed by atoms with Crippen LogP contribution in [0.1, 0.15) is 0 Å². The molecule has 5 nitrogen and oxygen atoms in total. The maximum atomic E-state index is 8.70. The summed E-state index contributed by atoms with van der Waals surface area (Å²) < 4.78 is 13.2. The molecule has 0 spiro atoms. The van der Waals surface area contributed by atoms with E-state index in [9.17, 15) is 0 Å². The van der Waals surface area contributed by atoms with Crippen molar-refractivity contribution in [1.29, 1.82) is 0 Å². The molecule has 0 aliphatic rings. The van der Waals surface area contributed by atoms with Crippen molar-refractivity contribution in [3.05, 3.63) is 18.9 Å². The Kier molecular flexibility index (Phi) is 15.5. The molecular formula is C3H7NO4PS2+. The molecule has 0 unspecified atom stereocenters. The molecule has 0 aromatic carbocycles. The molecule has 0 saturated carbocycles. The molecule has 1 heterocycles. The normalized spacial score (nSPS) is 6.55. The third kappa shape index (κ3) is 25.7. The van der Waals surface area contributed by atoms with E-state index in [0.717, 1.165) is 0 Å². The maximum absolute atomic E-state index is 8.70. The van der Waals surface area contributed by atoms with Crippen molar-refractivity contribution >= 4 is 31.6 Å². The summed E-state index contributed by atoms with van der Waals surface area (Å²) in [5, 5.41) is 0. The van der Waals surface area contributed by atoms with Gasteiger partial charge in [-0.2, -0.15) is 0 Å². The lowest BCUT2D eigenvalue weighted by Gasteiger charge is -1.47. The number of hydrogen-bond acceptors (Lipinski definition) is 5. The first-order chi connectivity index (χ1) is 5.23. The number of hydrogen-bond donors (Lipinski definition) is 4. The molecular weight excluding hydrogens is 209 g/mol. The fourth-order valence-electron chi connectivity index (χ4n) is 0.176. The summed E-state index contributed by atoms with van der Waals surface area (Å²) in [6.07, 6.45) is 4.47. The highest BCUT2D eigenvalue weighted by atomic mass is 33.1. The number of aromatic nitrogens is 1. The van der Waals surface area contributed by atoms with E-state index >= 15 is 0 Å². The fraction of sp³-hybridized carbons (Fsp3) is 0. The molecule has 0 aliphatic carbocycles. The van der Waals surface area contributed by atoms with Crippen LogP contribution < -0.4 is 0 Å². The Morgan fingerprint density at radius 3 is 2.00 bits per heavy atom. The van der Waals surface area contributed by atoms with Gasteiger partial charge in [0.2, 0.25) is 0 Å². The molecule has 64 valence electrons. The first-order valence-electron chi connectivity index (χ1n) is 2.10. The molecule has 0 amide bonds. The van der Waals surface area contributed by atoms with E-state index in [1.165, 1.54) is 12.7 Å². The van der Waals surface area contributed by atoms with Crippen LogP contribution >= 0.6 is 31.6 Å². The topological polar surface area (TPSA) is 83.6 Å². The summed E-state index contributed by atoms with van der Waals surface area (Å²) in [6.45, 7) is 0. The summed E-state index contributed by atoms with van der Waals surface area (Å²) in [5.41, 5.74) is 0. The molecule has 11 heavy (non-hydrogen) atoms. The third-order valence-corrected chi connectivity index (χ3v) is 0.347. The van der Waals surface area contributed by atoms with Gasteiger partial charge in [0.15, 0.2) is 6.39 Å². The number of rotatable bonds is 0. The first-order valence-corrected chi connectivity index (χ1v) is 4.87. The molecule has 8 heteroatoms. The second-order valence-corrected chi connectivity index (χ2v) is 1.43. The molecule has 1 aromatic rings. The quantitative estimate of drug-likeness (QED) is 0.296. The molecule has 0 bridgehead atoms. The minimum Gasteiger partial charge on any atom is -0.452 e. The molecule has 0 atom stereocenters. The summed E-state index contributed by atoms with van der Waals surface area (Å²) in [6, 6.07) is 0. The fourth-order valence-corrected chi connectivity index (χ4v) is 0.176. The number of oxazole rings is 1. The molecule has 0 saturated heterocycles. The number of thiol groups is 2. The third-order valence-electron chi connectivity index (χ3n) is 0.347. The average Bonchev–Trinajstić information content (AvgIpc) is 2.44. The Balaban J connectivity index is 0. The first kappa shape index (κ1) is 13.5. The molecule has 0 radical (unpaired) electrons. The molecule has 0 aliphatic heterocycles. The Morgan fingerprint density at radius 1 is 1.45 bits per heavy atom. The Morgan fingerprint density at radius 2 is 1.91 bits per heavy atom. The van der Waals surface area contributed by atoms with Gasteiger partial charge in [0.1, 0.15) is 6.26 Å². The smallest absolute Gasteiger partial charge is 0.452 e. The van der Waals surface area contributed by atoms with Crippen molar-refractivity contribution < 1.29 is 18.8 Å². The van der Waals surface area contributed by atoms with Gasteiger partial charge >= 0.3 is 8.25 Å². The van der Waals surface area contributed by atoms with Crippen LogP contribution in [0.2, 0.25) is 0 Å². The lowest BCUT2D eigenvalue weighted by molar-refractivity contribution is 0.405. The Bertz CT molecular complexity index is 137. The van der Waals surface area contributed by atoms with Crippen molar-refractivity contribution in [3.63, 3.8) is 0 Å². The van der Waals surface area contributed by atoms with Gasteiger partial charge < -0.3 is 4.42 Å². The van der Waals surface area contributed by atoms with Crippen molar-refractivity contribution in [1.82, 2.24) is 4.98 Å². The molecule has 0 fully saturated rings. The van der Waals surface area contributed by atoms with Crippen LogP contribution in [0.15, 0.2) is 23.3 Å².